The number of nitrogens with two attached hydrogens (primary N) is 2. The number of primary amides is 1. The highest BCUT2D eigenvalue weighted by molar-refractivity contribution is 7.11. The van der Waals surface area contributed by atoms with Crippen LogP contribution in [0.5, 0.6) is 0 Å². The lowest BCUT2D eigenvalue weighted by Crippen LogP contribution is -2.42. The van der Waals surface area contributed by atoms with Crippen LogP contribution < -0.4 is 16.8 Å². The third-order valence-corrected chi connectivity index (χ3v) is 3.49. The van der Waals surface area contributed by atoms with Crippen LogP contribution >= 0.6 is 11.3 Å². The second kappa shape index (κ2) is 6.36. The maximum absolute atomic E-state index is 11.5. The normalized spacial score (nSPS) is 12.1. The summed E-state index contributed by atoms with van der Waals surface area (Å²) in [7, 11) is 0. The number of nitrogens with one attached hydrogen (secondary N) is 1. The third kappa shape index (κ3) is 4.54. The Morgan fingerprint density at radius 3 is 2.59 bits per heavy atom. The molecule has 1 aromatic rings. The highest BCUT2D eigenvalue weighted by atomic mass is 32.1. The van der Waals surface area contributed by atoms with Gasteiger partial charge in [-0.25, -0.2) is 0 Å². The predicted octanol–water partition coefficient (Wildman–Crippen LogP) is 0.129. The molecule has 5 N–H and O–H groups in total. The average molecular weight is 255 g/mol. The molecule has 0 aliphatic carbocycles. The van der Waals surface area contributed by atoms with Gasteiger partial charge in [0.2, 0.25) is 11.8 Å². The summed E-state index contributed by atoms with van der Waals surface area (Å²) >= 11 is 1.65. The van der Waals surface area contributed by atoms with Crippen molar-refractivity contribution in [2.75, 3.05) is 0 Å². The molecule has 0 aromatic carbocycles. The second-order valence-corrected chi connectivity index (χ2v) is 4.97. The van der Waals surface area contributed by atoms with Crippen molar-refractivity contribution in [3.05, 3.63) is 21.9 Å². The minimum Gasteiger partial charge on any atom is -0.370 e. The van der Waals surface area contributed by atoms with Gasteiger partial charge in [-0.05, 0) is 18.6 Å². The molecule has 1 heterocycles. The Labute approximate surface area is 104 Å². The van der Waals surface area contributed by atoms with E-state index in [-0.39, 0.29) is 12.3 Å². The molecule has 0 radical (unpaired) electrons. The highest BCUT2D eigenvalue weighted by Gasteiger charge is 2.15. The Kier molecular flexibility index (Phi) is 5.11. The lowest BCUT2D eigenvalue weighted by molar-refractivity contribution is -0.126. The van der Waals surface area contributed by atoms with Crippen molar-refractivity contribution in [1.82, 2.24) is 5.32 Å². The van der Waals surface area contributed by atoms with Crippen molar-refractivity contribution in [1.29, 1.82) is 0 Å². The first-order chi connectivity index (χ1) is 8.02. The SMILES string of the molecule is CCc1ccc(CNC(=O)C(N)CC(N)=O)s1. The molecule has 0 bridgehead atoms. The van der Waals surface area contributed by atoms with E-state index in [1.54, 1.807) is 11.3 Å². The van der Waals surface area contributed by atoms with Crippen molar-refractivity contribution in [3.8, 4) is 0 Å². The Bertz CT molecular complexity index is 403. The van der Waals surface area contributed by atoms with Gasteiger partial charge >= 0.3 is 0 Å². The van der Waals surface area contributed by atoms with Gasteiger partial charge < -0.3 is 16.8 Å². The van der Waals surface area contributed by atoms with Crippen LogP contribution in [0.15, 0.2) is 12.1 Å². The van der Waals surface area contributed by atoms with Gasteiger partial charge in [-0.3, -0.25) is 9.59 Å². The van der Waals surface area contributed by atoms with Crippen molar-refractivity contribution in [3.63, 3.8) is 0 Å². The molecule has 1 aromatic heterocycles. The zero-order valence-corrected chi connectivity index (χ0v) is 10.5. The molecule has 0 aliphatic rings. The fourth-order valence-corrected chi connectivity index (χ4v) is 2.22. The summed E-state index contributed by atoms with van der Waals surface area (Å²) in [5.74, 6) is -0.924. The van der Waals surface area contributed by atoms with Gasteiger partial charge in [0.1, 0.15) is 0 Å². The summed E-state index contributed by atoms with van der Waals surface area (Å²) < 4.78 is 0. The van der Waals surface area contributed by atoms with Crippen LogP contribution in [0, 0.1) is 0 Å². The number of carbonyl (C=O) groups is 2. The van der Waals surface area contributed by atoms with Crippen LogP contribution in [0.4, 0.5) is 0 Å². The molecule has 1 atom stereocenters. The topological polar surface area (TPSA) is 98.2 Å². The fraction of sp³-hybridized carbons (Fsp3) is 0.455. The maximum atomic E-state index is 11.5. The van der Waals surface area contributed by atoms with Crippen molar-refractivity contribution < 1.29 is 9.59 Å². The molecule has 0 aliphatic heterocycles. The van der Waals surface area contributed by atoms with Gasteiger partial charge in [0.15, 0.2) is 0 Å². The van der Waals surface area contributed by atoms with Crippen LogP contribution in [0.2, 0.25) is 0 Å². The standard InChI is InChI=1S/C11H17N3O2S/c1-2-7-3-4-8(17-7)6-14-11(16)9(12)5-10(13)15/h3-4,9H,2,5-6,12H2,1H3,(H2,13,15)(H,14,16). The minimum atomic E-state index is -0.863. The van der Waals surface area contributed by atoms with E-state index >= 15 is 0 Å². The van der Waals surface area contributed by atoms with E-state index in [9.17, 15) is 9.59 Å². The Morgan fingerprint density at radius 2 is 2.06 bits per heavy atom. The van der Waals surface area contributed by atoms with Crippen molar-refractivity contribution >= 4 is 23.2 Å². The number of amides is 2. The van der Waals surface area contributed by atoms with Gasteiger partial charge in [-0.2, -0.15) is 0 Å². The van der Waals surface area contributed by atoms with E-state index in [2.05, 4.69) is 12.2 Å². The van der Waals surface area contributed by atoms with Crippen molar-refractivity contribution in [2.45, 2.75) is 32.4 Å². The van der Waals surface area contributed by atoms with E-state index < -0.39 is 11.9 Å². The fourth-order valence-electron chi connectivity index (χ4n) is 1.32. The average Bonchev–Trinajstić information content (AvgIpc) is 2.72. The molecule has 0 saturated carbocycles. The third-order valence-electron chi connectivity index (χ3n) is 2.26. The molecule has 17 heavy (non-hydrogen) atoms. The number of thiophene rings is 1. The Hall–Kier alpha value is -1.40. The maximum Gasteiger partial charge on any atom is 0.237 e. The first kappa shape index (κ1) is 13.7. The number of rotatable bonds is 6. The zero-order valence-electron chi connectivity index (χ0n) is 9.73. The molecule has 94 valence electrons. The largest absolute Gasteiger partial charge is 0.370 e. The lowest BCUT2D eigenvalue weighted by atomic mass is 10.2. The van der Waals surface area contributed by atoms with E-state index in [1.165, 1.54) is 4.88 Å². The highest BCUT2D eigenvalue weighted by Crippen LogP contribution is 2.16. The van der Waals surface area contributed by atoms with Gasteiger partial charge in [0.25, 0.3) is 0 Å². The van der Waals surface area contributed by atoms with Crippen molar-refractivity contribution in [2.24, 2.45) is 11.5 Å². The first-order valence-electron chi connectivity index (χ1n) is 5.42. The summed E-state index contributed by atoms with van der Waals surface area (Å²) in [6, 6.07) is 3.15. The van der Waals surface area contributed by atoms with E-state index in [0.29, 0.717) is 6.54 Å². The van der Waals surface area contributed by atoms with Gasteiger partial charge in [-0.15, -0.1) is 11.3 Å². The molecule has 0 fully saturated rings. The van der Waals surface area contributed by atoms with Crippen LogP contribution in [-0.4, -0.2) is 17.9 Å². The zero-order chi connectivity index (χ0) is 12.8. The van der Waals surface area contributed by atoms with E-state index in [0.717, 1.165) is 11.3 Å². The molecule has 1 rings (SSSR count). The van der Waals surface area contributed by atoms with Gasteiger partial charge in [0, 0.05) is 9.75 Å². The predicted molar refractivity (Wildman–Crippen MR) is 67.3 cm³/mol. The molecular weight excluding hydrogens is 238 g/mol. The molecule has 5 nitrogen and oxygen atoms in total. The molecule has 6 heteroatoms. The van der Waals surface area contributed by atoms with E-state index in [1.807, 2.05) is 12.1 Å². The summed E-state index contributed by atoms with van der Waals surface area (Å²) in [5, 5.41) is 2.68. The summed E-state index contributed by atoms with van der Waals surface area (Å²) in [4.78, 5) is 24.4. The van der Waals surface area contributed by atoms with Gasteiger partial charge in [0.05, 0.1) is 19.0 Å². The number of hydrogen-bond acceptors (Lipinski definition) is 4. The minimum absolute atomic E-state index is 0.128. The van der Waals surface area contributed by atoms with Gasteiger partial charge in [-0.1, -0.05) is 6.92 Å². The lowest BCUT2D eigenvalue weighted by Gasteiger charge is -2.09. The monoisotopic (exact) mass is 255 g/mol. The Balaban J connectivity index is 2.39. The van der Waals surface area contributed by atoms with Crippen LogP contribution in [0.1, 0.15) is 23.1 Å². The van der Waals surface area contributed by atoms with E-state index in [4.69, 9.17) is 11.5 Å². The summed E-state index contributed by atoms with van der Waals surface area (Å²) in [6.45, 7) is 2.52. The van der Waals surface area contributed by atoms with Crippen LogP contribution in [-0.2, 0) is 22.6 Å². The molecular formula is C11H17N3O2S. The molecule has 0 spiro atoms. The molecule has 2 amide bonds. The summed E-state index contributed by atoms with van der Waals surface area (Å²) in [6.07, 6.45) is 0.857. The van der Waals surface area contributed by atoms with Crippen LogP contribution in [0.3, 0.4) is 0 Å². The number of aryl methyl sites for hydroxylation is 1. The molecule has 0 saturated heterocycles. The summed E-state index contributed by atoms with van der Waals surface area (Å²) in [5.41, 5.74) is 10.5. The first-order valence-corrected chi connectivity index (χ1v) is 6.23. The Morgan fingerprint density at radius 1 is 1.41 bits per heavy atom. The quantitative estimate of drug-likeness (QED) is 0.673. The molecule has 1 unspecified atom stereocenters. The number of carbonyl (C=O) groups excluding carboxylic acids is 2. The second-order valence-electron chi connectivity index (χ2n) is 3.72. The van der Waals surface area contributed by atoms with Crippen LogP contribution in [0.25, 0.3) is 0 Å². The smallest absolute Gasteiger partial charge is 0.237 e. The number of hydrogen-bond donors (Lipinski definition) is 3.